The molecule has 0 radical (unpaired) electrons. The second-order valence-corrected chi connectivity index (χ2v) is 5.73. The predicted octanol–water partition coefficient (Wildman–Crippen LogP) is 2.25. The van der Waals surface area contributed by atoms with Gasteiger partial charge in [-0.2, -0.15) is 0 Å². The molecule has 2 heteroatoms. The first-order valence-electron chi connectivity index (χ1n) is 6.62. The Labute approximate surface area is 94.4 Å². The molecule has 0 saturated carbocycles. The van der Waals surface area contributed by atoms with Crippen LogP contribution in [0.3, 0.4) is 0 Å². The summed E-state index contributed by atoms with van der Waals surface area (Å²) in [5.74, 6) is 0.960. The van der Waals surface area contributed by atoms with Gasteiger partial charge in [0.25, 0.3) is 0 Å². The van der Waals surface area contributed by atoms with E-state index in [1.54, 1.807) is 0 Å². The summed E-state index contributed by atoms with van der Waals surface area (Å²) in [7, 11) is 2.28. The fourth-order valence-corrected chi connectivity index (χ4v) is 3.38. The third-order valence-corrected chi connectivity index (χ3v) is 4.52. The highest BCUT2D eigenvalue weighted by molar-refractivity contribution is 4.86. The summed E-state index contributed by atoms with van der Waals surface area (Å²) >= 11 is 0. The summed E-state index contributed by atoms with van der Waals surface area (Å²) in [4.78, 5) is 2.54. The average molecular weight is 210 g/mol. The molecule has 0 bridgehead atoms. The maximum atomic E-state index is 3.63. The standard InChI is InChI=1S/C13H26N2/c1-10-7-12(8-11(2)15(10)3)9-13-5-4-6-14-13/h10-14H,4-9H2,1-3H3/t10-,11+,12?,13?. The second-order valence-electron chi connectivity index (χ2n) is 5.73. The highest BCUT2D eigenvalue weighted by Crippen LogP contribution is 2.30. The minimum atomic E-state index is 0.778. The maximum absolute atomic E-state index is 3.63. The van der Waals surface area contributed by atoms with Crippen LogP contribution in [0.4, 0.5) is 0 Å². The third kappa shape index (κ3) is 2.73. The van der Waals surface area contributed by atoms with Crippen molar-refractivity contribution in [3.8, 4) is 0 Å². The molecule has 0 aromatic carbocycles. The van der Waals surface area contributed by atoms with E-state index in [1.165, 1.54) is 38.6 Å². The number of nitrogens with one attached hydrogen (secondary N) is 1. The van der Waals surface area contributed by atoms with Crippen molar-refractivity contribution in [3.63, 3.8) is 0 Å². The van der Waals surface area contributed by atoms with Crippen molar-refractivity contribution >= 4 is 0 Å². The van der Waals surface area contributed by atoms with Gasteiger partial charge in [-0.05, 0) is 65.5 Å². The molecule has 4 atom stereocenters. The lowest BCUT2D eigenvalue weighted by Crippen LogP contribution is -2.44. The summed E-state index contributed by atoms with van der Waals surface area (Å²) in [6.07, 6.45) is 7.03. The van der Waals surface area contributed by atoms with E-state index in [0.717, 1.165) is 24.0 Å². The van der Waals surface area contributed by atoms with Crippen molar-refractivity contribution < 1.29 is 0 Å². The predicted molar refractivity (Wildman–Crippen MR) is 65.1 cm³/mol. The highest BCUT2D eigenvalue weighted by Gasteiger charge is 2.30. The molecule has 2 fully saturated rings. The summed E-state index contributed by atoms with van der Waals surface area (Å²) in [6.45, 7) is 6.01. The Morgan fingerprint density at radius 1 is 1.20 bits per heavy atom. The number of hydrogen-bond donors (Lipinski definition) is 1. The van der Waals surface area contributed by atoms with Gasteiger partial charge in [0.1, 0.15) is 0 Å². The van der Waals surface area contributed by atoms with E-state index in [2.05, 4.69) is 31.1 Å². The van der Waals surface area contributed by atoms with E-state index < -0.39 is 0 Å². The van der Waals surface area contributed by atoms with E-state index in [4.69, 9.17) is 0 Å². The molecule has 0 aromatic heterocycles. The van der Waals surface area contributed by atoms with Crippen LogP contribution < -0.4 is 5.32 Å². The summed E-state index contributed by atoms with van der Waals surface area (Å²) < 4.78 is 0. The number of nitrogens with zero attached hydrogens (tertiary/aromatic N) is 1. The minimum absolute atomic E-state index is 0.778. The smallest absolute Gasteiger partial charge is 0.00701 e. The van der Waals surface area contributed by atoms with E-state index in [0.29, 0.717) is 0 Å². The van der Waals surface area contributed by atoms with Crippen LogP contribution in [0.1, 0.15) is 46.0 Å². The Kier molecular flexibility index (Phi) is 3.68. The first-order chi connectivity index (χ1) is 7.16. The van der Waals surface area contributed by atoms with Crippen LogP contribution in [-0.4, -0.2) is 36.6 Å². The van der Waals surface area contributed by atoms with Gasteiger partial charge in [-0.25, -0.2) is 0 Å². The molecule has 2 heterocycles. The lowest BCUT2D eigenvalue weighted by molar-refractivity contribution is 0.0905. The van der Waals surface area contributed by atoms with Gasteiger partial charge in [-0.1, -0.05) is 0 Å². The molecular formula is C13H26N2. The van der Waals surface area contributed by atoms with Gasteiger partial charge in [-0.15, -0.1) is 0 Å². The Morgan fingerprint density at radius 3 is 2.40 bits per heavy atom. The van der Waals surface area contributed by atoms with Crippen molar-refractivity contribution in [1.29, 1.82) is 0 Å². The molecule has 2 nitrogen and oxygen atoms in total. The molecule has 15 heavy (non-hydrogen) atoms. The first-order valence-corrected chi connectivity index (χ1v) is 6.62. The molecule has 0 aliphatic carbocycles. The van der Waals surface area contributed by atoms with Crippen LogP contribution in [0.5, 0.6) is 0 Å². The Balaban J connectivity index is 1.82. The van der Waals surface area contributed by atoms with E-state index in [-0.39, 0.29) is 0 Å². The van der Waals surface area contributed by atoms with Gasteiger partial charge in [-0.3, -0.25) is 0 Å². The van der Waals surface area contributed by atoms with Crippen molar-refractivity contribution in [2.24, 2.45) is 5.92 Å². The highest BCUT2D eigenvalue weighted by atomic mass is 15.2. The first kappa shape index (κ1) is 11.4. The summed E-state index contributed by atoms with van der Waals surface area (Å²) in [5.41, 5.74) is 0. The summed E-state index contributed by atoms with van der Waals surface area (Å²) in [5, 5.41) is 3.63. The van der Waals surface area contributed by atoms with Gasteiger partial charge in [0.2, 0.25) is 0 Å². The second kappa shape index (κ2) is 4.84. The maximum Gasteiger partial charge on any atom is 0.00701 e. The van der Waals surface area contributed by atoms with Gasteiger partial charge in [0, 0.05) is 18.1 Å². The third-order valence-electron chi connectivity index (χ3n) is 4.52. The lowest BCUT2D eigenvalue weighted by atomic mass is 9.83. The van der Waals surface area contributed by atoms with Crippen molar-refractivity contribution in [3.05, 3.63) is 0 Å². The van der Waals surface area contributed by atoms with E-state index in [9.17, 15) is 0 Å². The molecule has 0 aromatic rings. The molecule has 2 unspecified atom stereocenters. The molecule has 2 rings (SSSR count). The molecule has 0 amide bonds. The van der Waals surface area contributed by atoms with Crippen LogP contribution in [0.2, 0.25) is 0 Å². The van der Waals surface area contributed by atoms with Crippen LogP contribution in [-0.2, 0) is 0 Å². The van der Waals surface area contributed by atoms with E-state index in [1.807, 2.05) is 0 Å². The topological polar surface area (TPSA) is 15.3 Å². The van der Waals surface area contributed by atoms with Crippen LogP contribution >= 0.6 is 0 Å². The zero-order valence-electron chi connectivity index (χ0n) is 10.5. The molecule has 88 valence electrons. The number of rotatable bonds is 2. The van der Waals surface area contributed by atoms with Gasteiger partial charge in [0.05, 0.1) is 0 Å². The van der Waals surface area contributed by atoms with Crippen molar-refractivity contribution in [1.82, 2.24) is 10.2 Å². The average Bonchev–Trinajstić information content (AvgIpc) is 2.66. The SMILES string of the molecule is C[C@@H]1CC(CC2CCCN2)C[C@H](C)N1C. The van der Waals surface area contributed by atoms with Crippen LogP contribution in [0.15, 0.2) is 0 Å². The van der Waals surface area contributed by atoms with Crippen LogP contribution in [0.25, 0.3) is 0 Å². The summed E-state index contributed by atoms with van der Waals surface area (Å²) in [6, 6.07) is 2.39. The number of likely N-dealkylation sites (tertiary alicyclic amines) is 1. The van der Waals surface area contributed by atoms with Crippen molar-refractivity contribution in [2.75, 3.05) is 13.6 Å². The fraction of sp³-hybridized carbons (Fsp3) is 1.00. The van der Waals surface area contributed by atoms with Gasteiger partial charge >= 0.3 is 0 Å². The Bertz CT molecular complexity index is 187. The zero-order valence-corrected chi connectivity index (χ0v) is 10.5. The molecule has 1 N–H and O–H groups in total. The molecule has 0 spiro atoms. The van der Waals surface area contributed by atoms with E-state index >= 15 is 0 Å². The molecule has 2 saturated heterocycles. The monoisotopic (exact) mass is 210 g/mol. The molecule has 2 aliphatic rings. The lowest BCUT2D eigenvalue weighted by Gasteiger charge is -2.41. The van der Waals surface area contributed by atoms with Gasteiger partial charge in [0.15, 0.2) is 0 Å². The Morgan fingerprint density at radius 2 is 1.87 bits per heavy atom. The normalized spacial score (nSPS) is 43.4. The van der Waals surface area contributed by atoms with Crippen molar-refractivity contribution in [2.45, 2.75) is 64.1 Å². The minimum Gasteiger partial charge on any atom is -0.314 e. The molecular weight excluding hydrogens is 184 g/mol. The Hall–Kier alpha value is -0.0800. The largest absolute Gasteiger partial charge is 0.314 e. The fourth-order valence-electron chi connectivity index (χ4n) is 3.38. The number of piperidine rings is 1. The quantitative estimate of drug-likeness (QED) is 0.752. The molecule has 2 aliphatic heterocycles. The van der Waals surface area contributed by atoms with Crippen LogP contribution in [0, 0.1) is 5.92 Å². The number of hydrogen-bond acceptors (Lipinski definition) is 2. The van der Waals surface area contributed by atoms with Gasteiger partial charge < -0.3 is 10.2 Å². The zero-order chi connectivity index (χ0) is 10.8.